The molecule has 1 amide bonds. The van der Waals surface area contributed by atoms with E-state index in [-0.39, 0.29) is 18.1 Å². The van der Waals surface area contributed by atoms with Crippen LogP contribution >= 0.6 is 31.9 Å². The largest absolute Gasteiger partial charge is 0.287 e. The Morgan fingerprint density at radius 1 is 1.05 bits per heavy atom. The molecule has 1 aromatic rings. The molecule has 0 saturated heterocycles. The highest BCUT2D eigenvalue weighted by Crippen LogP contribution is 2.22. The summed E-state index contributed by atoms with van der Waals surface area (Å²) in [5, 5.41) is 0. The summed E-state index contributed by atoms with van der Waals surface area (Å²) in [4.78, 5) is 27.3. The third-order valence-electron chi connectivity index (χ3n) is 2.44. The lowest BCUT2D eigenvalue weighted by Crippen LogP contribution is -2.10. The SMILES string of the molecule is O=C(Cc1ccccc1)N=C1C=C(Br)C(=O)C(Br)=C1. The van der Waals surface area contributed by atoms with E-state index in [1.54, 1.807) is 0 Å². The number of allylic oxidation sites excluding steroid dienone is 4. The van der Waals surface area contributed by atoms with E-state index in [1.165, 1.54) is 12.2 Å². The molecule has 0 bridgehead atoms. The van der Waals surface area contributed by atoms with Crippen molar-refractivity contribution in [2.45, 2.75) is 6.42 Å². The van der Waals surface area contributed by atoms with Crippen molar-refractivity contribution in [1.82, 2.24) is 0 Å². The maximum absolute atomic E-state index is 11.8. The van der Waals surface area contributed by atoms with Crippen LogP contribution in [-0.4, -0.2) is 17.4 Å². The zero-order valence-corrected chi connectivity index (χ0v) is 12.9. The van der Waals surface area contributed by atoms with E-state index in [0.29, 0.717) is 14.7 Å². The van der Waals surface area contributed by atoms with Crippen LogP contribution < -0.4 is 0 Å². The van der Waals surface area contributed by atoms with Gasteiger partial charge in [0, 0.05) is 0 Å². The lowest BCUT2D eigenvalue weighted by molar-refractivity contribution is -0.117. The first-order valence-electron chi connectivity index (χ1n) is 5.51. The first kappa shape index (κ1) is 14.1. The van der Waals surface area contributed by atoms with Crippen LogP contribution in [0.4, 0.5) is 0 Å². The molecule has 0 heterocycles. The Morgan fingerprint density at radius 3 is 2.21 bits per heavy atom. The van der Waals surface area contributed by atoms with Crippen LogP contribution in [0.2, 0.25) is 0 Å². The summed E-state index contributed by atoms with van der Waals surface area (Å²) in [6, 6.07) is 9.40. The van der Waals surface area contributed by atoms with Crippen molar-refractivity contribution < 1.29 is 9.59 Å². The zero-order valence-electron chi connectivity index (χ0n) is 9.77. The zero-order chi connectivity index (χ0) is 13.8. The van der Waals surface area contributed by atoms with Crippen molar-refractivity contribution in [3.63, 3.8) is 0 Å². The molecule has 1 aromatic carbocycles. The van der Waals surface area contributed by atoms with Crippen LogP contribution in [0.15, 0.2) is 56.4 Å². The van der Waals surface area contributed by atoms with Gasteiger partial charge in [-0.15, -0.1) is 0 Å². The highest BCUT2D eigenvalue weighted by Gasteiger charge is 2.17. The standard InChI is InChI=1S/C14H9Br2NO2/c15-11-7-10(8-12(16)14(11)19)17-13(18)6-9-4-2-1-3-5-9/h1-5,7-8H,6H2. The summed E-state index contributed by atoms with van der Waals surface area (Å²) < 4.78 is 0.765. The van der Waals surface area contributed by atoms with Gasteiger partial charge in [-0.2, -0.15) is 0 Å². The molecule has 0 spiro atoms. The average Bonchev–Trinajstić information content (AvgIpc) is 2.37. The molecule has 0 unspecified atom stereocenters. The number of amides is 1. The van der Waals surface area contributed by atoms with Crippen LogP contribution in [0.25, 0.3) is 0 Å². The molecule has 96 valence electrons. The van der Waals surface area contributed by atoms with Gasteiger partial charge in [0.15, 0.2) is 0 Å². The topological polar surface area (TPSA) is 46.5 Å². The number of hydrogen-bond acceptors (Lipinski definition) is 2. The lowest BCUT2D eigenvalue weighted by atomic mass is 10.1. The van der Waals surface area contributed by atoms with Crippen LogP contribution in [-0.2, 0) is 16.0 Å². The maximum atomic E-state index is 11.8. The number of nitrogens with zero attached hydrogens (tertiary/aromatic N) is 1. The Balaban J connectivity index is 2.14. The first-order chi connectivity index (χ1) is 9.06. The number of hydrogen-bond donors (Lipinski definition) is 0. The summed E-state index contributed by atoms with van der Waals surface area (Å²) in [7, 11) is 0. The quantitative estimate of drug-likeness (QED) is 0.736. The van der Waals surface area contributed by atoms with Gasteiger partial charge in [-0.1, -0.05) is 30.3 Å². The molecule has 0 radical (unpaired) electrons. The molecule has 0 aliphatic heterocycles. The molecule has 0 fully saturated rings. The van der Waals surface area contributed by atoms with Gasteiger partial charge in [0.2, 0.25) is 5.78 Å². The second kappa shape index (κ2) is 6.21. The molecule has 19 heavy (non-hydrogen) atoms. The van der Waals surface area contributed by atoms with Crippen molar-refractivity contribution in [3.8, 4) is 0 Å². The number of Topliss-reactive ketones (excluding diaryl/α,β-unsaturated/α-hetero) is 1. The summed E-state index contributed by atoms with van der Waals surface area (Å²) >= 11 is 6.28. The second-order valence-corrected chi connectivity index (χ2v) is 5.62. The van der Waals surface area contributed by atoms with Gasteiger partial charge in [-0.05, 0) is 49.6 Å². The third kappa shape index (κ3) is 3.81. The van der Waals surface area contributed by atoms with Gasteiger partial charge in [0.05, 0.1) is 21.1 Å². The Hall–Kier alpha value is -1.33. The molecule has 0 atom stereocenters. The van der Waals surface area contributed by atoms with Gasteiger partial charge < -0.3 is 0 Å². The molecular weight excluding hydrogens is 374 g/mol. The minimum absolute atomic E-state index is 0.158. The van der Waals surface area contributed by atoms with Crippen LogP contribution in [0.5, 0.6) is 0 Å². The van der Waals surface area contributed by atoms with Crippen molar-refractivity contribution in [2.24, 2.45) is 4.99 Å². The van der Waals surface area contributed by atoms with Crippen molar-refractivity contribution in [3.05, 3.63) is 57.0 Å². The average molecular weight is 383 g/mol. The van der Waals surface area contributed by atoms with Crippen LogP contribution in [0.1, 0.15) is 5.56 Å². The second-order valence-electron chi connectivity index (χ2n) is 3.91. The van der Waals surface area contributed by atoms with Gasteiger partial charge >= 0.3 is 0 Å². The van der Waals surface area contributed by atoms with E-state index in [4.69, 9.17) is 0 Å². The van der Waals surface area contributed by atoms with Crippen LogP contribution in [0.3, 0.4) is 0 Å². The highest BCUT2D eigenvalue weighted by atomic mass is 79.9. The van der Waals surface area contributed by atoms with E-state index in [9.17, 15) is 9.59 Å². The van der Waals surface area contributed by atoms with Gasteiger partial charge in [0.1, 0.15) is 0 Å². The number of carbonyl (C=O) groups is 2. The fourth-order valence-electron chi connectivity index (χ4n) is 1.57. The summed E-state index contributed by atoms with van der Waals surface area (Å²) in [5.74, 6) is -0.405. The summed E-state index contributed by atoms with van der Waals surface area (Å²) in [6.45, 7) is 0. The van der Waals surface area contributed by atoms with Crippen molar-refractivity contribution in [1.29, 1.82) is 0 Å². The molecule has 1 aliphatic carbocycles. The Kier molecular flexibility index (Phi) is 4.61. The number of aliphatic imine (C=N–C) groups is 1. The van der Waals surface area contributed by atoms with E-state index < -0.39 is 0 Å². The fourth-order valence-corrected chi connectivity index (χ4v) is 2.73. The minimum Gasteiger partial charge on any atom is -0.287 e. The molecule has 0 saturated carbocycles. The normalized spacial score (nSPS) is 14.8. The monoisotopic (exact) mass is 381 g/mol. The first-order valence-corrected chi connectivity index (χ1v) is 7.09. The molecule has 5 heteroatoms. The van der Waals surface area contributed by atoms with E-state index in [2.05, 4.69) is 36.9 Å². The van der Waals surface area contributed by atoms with E-state index >= 15 is 0 Å². The lowest BCUT2D eigenvalue weighted by Gasteiger charge is -2.05. The number of benzene rings is 1. The van der Waals surface area contributed by atoms with Gasteiger partial charge in [-0.3, -0.25) is 9.59 Å². The van der Waals surface area contributed by atoms with Crippen molar-refractivity contribution >= 4 is 49.3 Å². The van der Waals surface area contributed by atoms with Crippen LogP contribution in [0, 0.1) is 0 Å². The number of halogens is 2. The predicted octanol–water partition coefficient (Wildman–Crippen LogP) is 3.34. The number of carbonyl (C=O) groups excluding carboxylic acids is 2. The minimum atomic E-state index is -0.247. The highest BCUT2D eigenvalue weighted by molar-refractivity contribution is 9.13. The molecule has 3 nitrogen and oxygen atoms in total. The number of rotatable bonds is 2. The summed E-state index contributed by atoms with van der Waals surface area (Å²) in [6.07, 6.45) is 3.32. The smallest absolute Gasteiger partial charge is 0.250 e. The van der Waals surface area contributed by atoms with E-state index in [1.807, 2.05) is 30.3 Å². The Labute approximate surface area is 127 Å². The fraction of sp³-hybridized carbons (Fsp3) is 0.0714. The Bertz CT molecular complexity index is 592. The van der Waals surface area contributed by atoms with Gasteiger partial charge in [-0.25, -0.2) is 4.99 Å². The molecule has 0 aromatic heterocycles. The van der Waals surface area contributed by atoms with E-state index in [0.717, 1.165) is 5.56 Å². The van der Waals surface area contributed by atoms with Gasteiger partial charge in [0.25, 0.3) is 5.91 Å². The molecule has 2 rings (SSSR count). The number of ketones is 1. The molecular formula is C14H9Br2NO2. The third-order valence-corrected chi connectivity index (χ3v) is 3.61. The Morgan fingerprint density at radius 2 is 1.63 bits per heavy atom. The maximum Gasteiger partial charge on any atom is 0.250 e. The summed E-state index contributed by atoms with van der Waals surface area (Å²) in [5.41, 5.74) is 1.37. The van der Waals surface area contributed by atoms with Crippen molar-refractivity contribution in [2.75, 3.05) is 0 Å². The molecule has 0 N–H and O–H groups in total. The predicted molar refractivity (Wildman–Crippen MR) is 81.6 cm³/mol. The molecule has 1 aliphatic rings.